The van der Waals surface area contributed by atoms with Crippen LogP contribution in [0, 0.1) is 6.92 Å². The van der Waals surface area contributed by atoms with Crippen LogP contribution in [0.5, 0.6) is 5.75 Å². The first-order valence-electron chi connectivity index (χ1n) is 8.81. The Kier molecular flexibility index (Phi) is 6.44. The minimum atomic E-state index is -0.246. The maximum Gasteiger partial charge on any atom is 0.250 e. The summed E-state index contributed by atoms with van der Waals surface area (Å²) in [7, 11) is 0. The monoisotopic (exact) mass is 395 g/mol. The number of hydrogen-bond donors (Lipinski definition) is 2. The van der Waals surface area contributed by atoms with E-state index in [2.05, 4.69) is 20.7 Å². The number of aromatic nitrogens is 3. The van der Waals surface area contributed by atoms with E-state index in [-0.39, 0.29) is 17.4 Å². The molecule has 1 aromatic heterocycles. The molecule has 0 spiro atoms. The lowest BCUT2D eigenvalue weighted by molar-refractivity contribution is -0.118. The molecule has 1 amide bonds. The third-order valence-corrected chi connectivity index (χ3v) is 4.92. The molecular formula is C20H21N5O2S. The predicted octanol–water partition coefficient (Wildman–Crippen LogP) is 3.22. The Balaban J connectivity index is 1.59. The van der Waals surface area contributed by atoms with Gasteiger partial charge in [-0.05, 0) is 31.5 Å². The maximum absolute atomic E-state index is 12.0. The Morgan fingerprint density at radius 2 is 2.04 bits per heavy atom. The Labute approximate surface area is 167 Å². The molecule has 0 saturated heterocycles. The number of aromatic hydroxyl groups is 1. The summed E-state index contributed by atoms with van der Waals surface area (Å²) in [5, 5.41) is 22.5. The second kappa shape index (κ2) is 9.18. The van der Waals surface area contributed by atoms with E-state index in [1.54, 1.807) is 24.3 Å². The molecular weight excluding hydrogens is 374 g/mol. The number of carbonyl (C=O) groups is 1. The normalized spacial score (nSPS) is 11.1. The topological polar surface area (TPSA) is 92.4 Å². The van der Waals surface area contributed by atoms with Gasteiger partial charge in [-0.3, -0.25) is 4.79 Å². The SMILES string of the molecule is CCn1c(SCC(=O)N/N=C/c2cccc(O)c2)nnc1-c1ccc(C)cc1. The number of hydrogen-bond acceptors (Lipinski definition) is 6. The van der Waals surface area contributed by atoms with E-state index in [4.69, 9.17) is 0 Å². The molecule has 0 saturated carbocycles. The van der Waals surface area contributed by atoms with Gasteiger partial charge in [0.2, 0.25) is 0 Å². The van der Waals surface area contributed by atoms with Crippen molar-refractivity contribution in [2.45, 2.75) is 25.5 Å². The highest BCUT2D eigenvalue weighted by Gasteiger charge is 2.14. The number of nitrogens with zero attached hydrogens (tertiary/aromatic N) is 4. The molecule has 0 atom stereocenters. The predicted molar refractivity (Wildman–Crippen MR) is 110 cm³/mol. The van der Waals surface area contributed by atoms with Gasteiger partial charge in [-0.1, -0.05) is 53.7 Å². The van der Waals surface area contributed by atoms with Crippen molar-refractivity contribution in [1.82, 2.24) is 20.2 Å². The van der Waals surface area contributed by atoms with Crippen molar-refractivity contribution in [3.8, 4) is 17.1 Å². The molecule has 2 aromatic carbocycles. The van der Waals surface area contributed by atoms with Crippen molar-refractivity contribution in [1.29, 1.82) is 0 Å². The lowest BCUT2D eigenvalue weighted by Gasteiger charge is -2.07. The lowest BCUT2D eigenvalue weighted by Crippen LogP contribution is -2.20. The molecule has 3 aromatic rings. The minimum Gasteiger partial charge on any atom is -0.508 e. The summed E-state index contributed by atoms with van der Waals surface area (Å²) in [5.74, 6) is 0.856. The number of amides is 1. The van der Waals surface area contributed by atoms with E-state index < -0.39 is 0 Å². The second-order valence-corrected chi connectivity index (χ2v) is 7.04. The summed E-state index contributed by atoms with van der Waals surface area (Å²) in [4.78, 5) is 12.0. The zero-order chi connectivity index (χ0) is 19.9. The van der Waals surface area contributed by atoms with Crippen molar-refractivity contribution in [2.75, 3.05) is 5.75 Å². The summed E-state index contributed by atoms with van der Waals surface area (Å²) in [6.45, 7) is 4.76. The molecule has 28 heavy (non-hydrogen) atoms. The standard InChI is InChI=1S/C20H21N5O2S/c1-3-25-19(16-9-7-14(2)8-10-16)23-24-20(25)28-13-18(27)22-21-12-15-5-4-6-17(26)11-15/h4-12,26H,3,13H2,1-2H3,(H,22,27)/b21-12+. The number of hydrazone groups is 1. The Morgan fingerprint density at radius 3 is 2.75 bits per heavy atom. The molecule has 2 N–H and O–H groups in total. The summed E-state index contributed by atoms with van der Waals surface area (Å²) in [6.07, 6.45) is 1.48. The molecule has 0 aliphatic carbocycles. The highest BCUT2D eigenvalue weighted by Crippen LogP contribution is 2.24. The van der Waals surface area contributed by atoms with E-state index in [0.717, 1.165) is 11.4 Å². The average molecular weight is 395 g/mol. The average Bonchev–Trinajstić information content (AvgIpc) is 3.10. The fraction of sp³-hybridized carbons (Fsp3) is 0.200. The third-order valence-electron chi connectivity index (χ3n) is 3.95. The smallest absolute Gasteiger partial charge is 0.250 e. The number of carbonyl (C=O) groups excluding carboxylic acids is 1. The van der Waals surface area contributed by atoms with Crippen LogP contribution >= 0.6 is 11.8 Å². The molecule has 144 valence electrons. The van der Waals surface area contributed by atoms with Gasteiger partial charge >= 0.3 is 0 Å². The van der Waals surface area contributed by atoms with Gasteiger partial charge in [0.15, 0.2) is 11.0 Å². The molecule has 0 radical (unpaired) electrons. The van der Waals surface area contributed by atoms with Gasteiger partial charge in [0.1, 0.15) is 5.75 Å². The second-order valence-electron chi connectivity index (χ2n) is 6.09. The van der Waals surface area contributed by atoms with Crippen molar-refractivity contribution < 1.29 is 9.90 Å². The van der Waals surface area contributed by atoms with Crippen LogP contribution in [0.1, 0.15) is 18.1 Å². The Hall–Kier alpha value is -3.13. The van der Waals surface area contributed by atoms with Gasteiger partial charge < -0.3 is 9.67 Å². The molecule has 3 rings (SSSR count). The molecule has 8 heteroatoms. The van der Waals surface area contributed by atoms with E-state index >= 15 is 0 Å². The largest absolute Gasteiger partial charge is 0.508 e. The molecule has 0 aliphatic heterocycles. The Bertz CT molecular complexity index is 983. The van der Waals surface area contributed by atoms with E-state index in [9.17, 15) is 9.90 Å². The quantitative estimate of drug-likeness (QED) is 0.364. The summed E-state index contributed by atoms with van der Waals surface area (Å²) in [6, 6.07) is 14.7. The van der Waals surface area contributed by atoms with Crippen LogP contribution in [0.4, 0.5) is 0 Å². The molecule has 0 bridgehead atoms. The minimum absolute atomic E-state index is 0.147. The summed E-state index contributed by atoms with van der Waals surface area (Å²) >= 11 is 1.31. The van der Waals surface area contributed by atoms with Crippen LogP contribution in [0.15, 0.2) is 58.8 Å². The van der Waals surface area contributed by atoms with Crippen molar-refractivity contribution >= 4 is 23.9 Å². The fourth-order valence-electron chi connectivity index (χ4n) is 2.54. The third kappa shape index (κ3) is 4.98. The fourth-order valence-corrected chi connectivity index (χ4v) is 3.34. The Morgan fingerprint density at radius 1 is 1.25 bits per heavy atom. The highest BCUT2D eigenvalue weighted by molar-refractivity contribution is 7.99. The number of thioether (sulfide) groups is 1. The number of nitrogens with one attached hydrogen (secondary N) is 1. The van der Waals surface area contributed by atoms with Crippen LogP contribution < -0.4 is 5.43 Å². The van der Waals surface area contributed by atoms with Gasteiger partial charge in [0.05, 0.1) is 12.0 Å². The van der Waals surface area contributed by atoms with E-state index in [1.165, 1.54) is 23.5 Å². The van der Waals surface area contributed by atoms with Gasteiger partial charge in [0.25, 0.3) is 5.91 Å². The van der Waals surface area contributed by atoms with Crippen molar-refractivity contribution in [3.05, 3.63) is 59.7 Å². The van der Waals surface area contributed by atoms with Gasteiger partial charge in [-0.15, -0.1) is 10.2 Å². The van der Waals surface area contributed by atoms with Gasteiger partial charge in [-0.25, -0.2) is 5.43 Å². The highest BCUT2D eigenvalue weighted by atomic mass is 32.2. The van der Waals surface area contributed by atoms with Crippen LogP contribution in [-0.4, -0.2) is 37.7 Å². The molecule has 0 unspecified atom stereocenters. The van der Waals surface area contributed by atoms with Crippen molar-refractivity contribution in [2.24, 2.45) is 5.10 Å². The number of rotatable bonds is 7. The number of aryl methyl sites for hydroxylation is 1. The molecule has 0 fully saturated rings. The first kappa shape index (κ1) is 19.6. The number of benzene rings is 2. The number of phenolic OH excluding ortho intramolecular Hbond substituents is 1. The van der Waals surface area contributed by atoms with Gasteiger partial charge in [-0.2, -0.15) is 5.10 Å². The van der Waals surface area contributed by atoms with E-state index in [0.29, 0.717) is 17.3 Å². The maximum atomic E-state index is 12.0. The van der Waals surface area contributed by atoms with Crippen molar-refractivity contribution in [3.63, 3.8) is 0 Å². The van der Waals surface area contributed by atoms with Gasteiger partial charge in [0, 0.05) is 12.1 Å². The van der Waals surface area contributed by atoms with Crippen LogP contribution in [-0.2, 0) is 11.3 Å². The first-order valence-corrected chi connectivity index (χ1v) is 9.79. The summed E-state index contributed by atoms with van der Waals surface area (Å²) < 4.78 is 1.98. The lowest BCUT2D eigenvalue weighted by atomic mass is 10.1. The molecule has 0 aliphatic rings. The summed E-state index contributed by atoms with van der Waals surface area (Å²) in [5.41, 5.74) is 5.35. The molecule has 7 nitrogen and oxygen atoms in total. The van der Waals surface area contributed by atoms with Crippen LogP contribution in [0.2, 0.25) is 0 Å². The van der Waals surface area contributed by atoms with Crippen LogP contribution in [0.3, 0.4) is 0 Å². The first-order chi connectivity index (χ1) is 13.6. The number of phenols is 1. The van der Waals surface area contributed by atoms with E-state index in [1.807, 2.05) is 42.7 Å². The zero-order valence-electron chi connectivity index (χ0n) is 15.7. The van der Waals surface area contributed by atoms with Crippen LogP contribution in [0.25, 0.3) is 11.4 Å². The zero-order valence-corrected chi connectivity index (χ0v) is 16.5. The molecule has 1 heterocycles.